The molecule has 2 rings (SSSR count). The summed E-state index contributed by atoms with van der Waals surface area (Å²) in [6.07, 6.45) is 3.44. The number of nitrogens with zero attached hydrogens (tertiary/aromatic N) is 1. The van der Waals surface area contributed by atoms with Crippen LogP contribution >= 0.6 is 0 Å². The predicted molar refractivity (Wildman–Crippen MR) is 45.9 cm³/mol. The smallest absolute Gasteiger partial charge is 0.246 e. The van der Waals surface area contributed by atoms with E-state index in [9.17, 15) is 4.79 Å². The Balaban J connectivity index is 2.13. The largest absolute Gasteiger partial charge is 0.369 e. The Morgan fingerprint density at radius 1 is 1.62 bits per heavy atom. The zero-order chi connectivity index (χ0) is 9.10. The van der Waals surface area contributed by atoms with Crippen LogP contribution in [-0.2, 0) is 9.53 Å². The molecule has 4 heteroatoms. The van der Waals surface area contributed by atoms with Crippen molar-refractivity contribution in [2.24, 2.45) is 0 Å². The molecule has 13 heavy (non-hydrogen) atoms. The van der Waals surface area contributed by atoms with Crippen LogP contribution in [-0.4, -0.2) is 24.1 Å². The number of hydrogen-bond acceptors (Lipinski definition) is 3. The van der Waals surface area contributed by atoms with Crippen LogP contribution in [0.15, 0.2) is 24.5 Å². The van der Waals surface area contributed by atoms with Gasteiger partial charge in [-0.3, -0.25) is 9.78 Å². The number of morpholine rings is 1. The molecule has 68 valence electrons. The normalized spacial score (nSPS) is 22.5. The van der Waals surface area contributed by atoms with Crippen molar-refractivity contribution < 1.29 is 9.53 Å². The van der Waals surface area contributed by atoms with Crippen LogP contribution in [0.1, 0.15) is 11.6 Å². The zero-order valence-corrected chi connectivity index (χ0v) is 7.06. The number of pyridine rings is 1. The molecular formula is C9H10N2O2. The molecule has 1 aromatic heterocycles. The third-order valence-electron chi connectivity index (χ3n) is 1.94. The third-order valence-corrected chi connectivity index (χ3v) is 1.94. The fourth-order valence-electron chi connectivity index (χ4n) is 1.31. The quantitative estimate of drug-likeness (QED) is 0.671. The van der Waals surface area contributed by atoms with E-state index in [1.807, 2.05) is 12.1 Å². The lowest BCUT2D eigenvalue weighted by atomic mass is 10.1. The molecule has 1 aliphatic heterocycles. The predicted octanol–water partition coefficient (Wildman–Crippen LogP) is 0.269. The molecule has 1 atom stereocenters. The van der Waals surface area contributed by atoms with Crippen molar-refractivity contribution in [1.29, 1.82) is 0 Å². The lowest BCUT2D eigenvalue weighted by Crippen LogP contribution is -2.39. The van der Waals surface area contributed by atoms with Gasteiger partial charge in [0.2, 0.25) is 5.91 Å². The van der Waals surface area contributed by atoms with Crippen molar-refractivity contribution in [3.05, 3.63) is 30.1 Å². The topological polar surface area (TPSA) is 51.2 Å². The summed E-state index contributed by atoms with van der Waals surface area (Å²) in [5.41, 5.74) is 0.982. The summed E-state index contributed by atoms with van der Waals surface area (Å²) in [5, 5.41) is 2.83. The van der Waals surface area contributed by atoms with E-state index in [1.165, 1.54) is 0 Å². The first-order chi connectivity index (χ1) is 6.36. The molecule has 1 fully saturated rings. The summed E-state index contributed by atoms with van der Waals surface area (Å²) in [7, 11) is 0. The molecule has 0 aliphatic carbocycles. The van der Waals surface area contributed by atoms with Gasteiger partial charge >= 0.3 is 0 Å². The van der Waals surface area contributed by atoms with E-state index in [2.05, 4.69) is 10.3 Å². The summed E-state index contributed by atoms with van der Waals surface area (Å²) < 4.78 is 5.11. The maximum Gasteiger partial charge on any atom is 0.246 e. The zero-order valence-electron chi connectivity index (χ0n) is 7.06. The summed E-state index contributed by atoms with van der Waals surface area (Å²) in [6.45, 7) is 0.689. The SMILES string of the molecule is O=C1COC[C@H](c2cccnc2)N1. The molecule has 0 spiro atoms. The first-order valence-corrected chi connectivity index (χ1v) is 4.13. The average Bonchev–Trinajstić information content (AvgIpc) is 2.19. The minimum absolute atomic E-state index is 0.0463. The molecule has 1 aromatic rings. The van der Waals surface area contributed by atoms with Crippen LogP contribution in [0.5, 0.6) is 0 Å². The van der Waals surface area contributed by atoms with E-state index < -0.39 is 0 Å². The molecular weight excluding hydrogens is 168 g/mol. The Hall–Kier alpha value is -1.42. The lowest BCUT2D eigenvalue weighted by Gasteiger charge is -2.23. The van der Waals surface area contributed by atoms with Gasteiger partial charge in [-0.25, -0.2) is 0 Å². The van der Waals surface area contributed by atoms with Gasteiger partial charge in [-0.1, -0.05) is 6.07 Å². The van der Waals surface area contributed by atoms with Crippen LogP contribution in [0.3, 0.4) is 0 Å². The number of aromatic nitrogens is 1. The van der Waals surface area contributed by atoms with Gasteiger partial charge in [0.05, 0.1) is 12.6 Å². The van der Waals surface area contributed by atoms with Gasteiger partial charge in [-0.15, -0.1) is 0 Å². The summed E-state index contributed by atoms with van der Waals surface area (Å²) in [6, 6.07) is 3.72. The average molecular weight is 178 g/mol. The molecule has 0 bridgehead atoms. The Kier molecular flexibility index (Phi) is 2.23. The molecule has 0 saturated carbocycles. The number of amides is 1. The fourth-order valence-corrected chi connectivity index (χ4v) is 1.31. The highest BCUT2D eigenvalue weighted by Crippen LogP contribution is 2.13. The van der Waals surface area contributed by atoms with Gasteiger partial charge in [0.1, 0.15) is 6.61 Å². The molecule has 0 radical (unpaired) electrons. The van der Waals surface area contributed by atoms with Crippen LogP contribution in [0, 0.1) is 0 Å². The van der Waals surface area contributed by atoms with Gasteiger partial charge in [-0.05, 0) is 11.6 Å². The van der Waals surface area contributed by atoms with E-state index in [0.717, 1.165) is 5.56 Å². The molecule has 2 heterocycles. The number of ether oxygens (including phenoxy) is 1. The Bertz CT molecular complexity index is 300. The summed E-state index contributed by atoms with van der Waals surface area (Å²) >= 11 is 0. The molecule has 1 N–H and O–H groups in total. The molecule has 4 nitrogen and oxygen atoms in total. The molecule has 0 aromatic carbocycles. The maximum atomic E-state index is 11.0. The van der Waals surface area contributed by atoms with Crippen LogP contribution in [0.2, 0.25) is 0 Å². The highest BCUT2D eigenvalue weighted by molar-refractivity contribution is 5.78. The van der Waals surface area contributed by atoms with E-state index in [0.29, 0.717) is 6.61 Å². The van der Waals surface area contributed by atoms with Crippen molar-refractivity contribution in [3.8, 4) is 0 Å². The van der Waals surface area contributed by atoms with E-state index in [-0.39, 0.29) is 18.6 Å². The number of hydrogen-bond donors (Lipinski definition) is 1. The standard InChI is InChI=1S/C9H10N2O2/c12-9-6-13-5-8(11-9)7-2-1-3-10-4-7/h1-4,8H,5-6H2,(H,11,12)/t8-/m1/s1. The minimum atomic E-state index is -0.0693. The molecule has 1 aliphatic rings. The van der Waals surface area contributed by atoms with E-state index in [4.69, 9.17) is 4.74 Å². The summed E-state index contributed by atoms with van der Waals surface area (Å²) in [4.78, 5) is 15.0. The molecule has 0 unspecified atom stereocenters. The Labute approximate surface area is 75.9 Å². The van der Waals surface area contributed by atoms with Crippen molar-refractivity contribution >= 4 is 5.91 Å². The second-order valence-corrected chi connectivity index (χ2v) is 2.92. The summed E-state index contributed by atoms with van der Waals surface area (Å²) in [5.74, 6) is -0.0693. The van der Waals surface area contributed by atoms with Crippen LogP contribution < -0.4 is 5.32 Å². The first kappa shape index (κ1) is 8.19. The van der Waals surface area contributed by atoms with Crippen molar-refractivity contribution in [2.75, 3.05) is 13.2 Å². The first-order valence-electron chi connectivity index (χ1n) is 4.13. The van der Waals surface area contributed by atoms with Crippen LogP contribution in [0.25, 0.3) is 0 Å². The van der Waals surface area contributed by atoms with E-state index >= 15 is 0 Å². The second kappa shape index (κ2) is 3.53. The van der Waals surface area contributed by atoms with Crippen molar-refractivity contribution in [2.45, 2.75) is 6.04 Å². The number of rotatable bonds is 1. The third kappa shape index (κ3) is 1.84. The molecule has 1 saturated heterocycles. The number of nitrogens with one attached hydrogen (secondary N) is 1. The Morgan fingerprint density at radius 2 is 2.54 bits per heavy atom. The fraction of sp³-hybridized carbons (Fsp3) is 0.333. The Morgan fingerprint density at radius 3 is 3.23 bits per heavy atom. The number of carbonyl (C=O) groups excluding carboxylic acids is 1. The minimum Gasteiger partial charge on any atom is -0.369 e. The van der Waals surface area contributed by atoms with Gasteiger partial charge in [0, 0.05) is 12.4 Å². The van der Waals surface area contributed by atoms with Gasteiger partial charge in [-0.2, -0.15) is 0 Å². The van der Waals surface area contributed by atoms with Crippen LogP contribution in [0.4, 0.5) is 0 Å². The van der Waals surface area contributed by atoms with Gasteiger partial charge in [0.15, 0.2) is 0 Å². The van der Waals surface area contributed by atoms with Crippen molar-refractivity contribution in [1.82, 2.24) is 10.3 Å². The highest BCUT2D eigenvalue weighted by Gasteiger charge is 2.19. The maximum absolute atomic E-state index is 11.0. The number of carbonyl (C=O) groups is 1. The highest BCUT2D eigenvalue weighted by atomic mass is 16.5. The monoisotopic (exact) mass is 178 g/mol. The lowest BCUT2D eigenvalue weighted by molar-refractivity contribution is -0.131. The van der Waals surface area contributed by atoms with Gasteiger partial charge < -0.3 is 10.1 Å². The van der Waals surface area contributed by atoms with Gasteiger partial charge in [0.25, 0.3) is 0 Å². The van der Waals surface area contributed by atoms with E-state index in [1.54, 1.807) is 12.4 Å². The molecule has 1 amide bonds. The second-order valence-electron chi connectivity index (χ2n) is 2.92. The van der Waals surface area contributed by atoms with Crippen molar-refractivity contribution in [3.63, 3.8) is 0 Å².